The van der Waals surface area contributed by atoms with E-state index < -0.39 is 0 Å². The molecular weight excluding hydrogens is 267 g/mol. The minimum Gasteiger partial charge on any atom is -0.207 e. The highest BCUT2D eigenvalue weighted by molar-refractivity contribution is 9.10. The fourth-order valence-electron chi connectivity index (χ4n) is 0.829. The van der Waals surface area contributed by atoms with Crippen molar-refractivity contribution in [2.75, 3.05) is 0 Å². The Balaban J connectivity index is 0.000000244. The van der Waals surface area contributed by atoms with Gasteiger partial charge in [0.05, 0.1) is 0 Å². The molecule has 0 unspecified atom stereocenters. The topological polar surface area (TPSA) is 0 Å². The van der Waals surface area contributed by atoms with Crippen LogP contribution in [0.1, 0.15) is 0 Å². The Morgan fingerprint density at radius 1 is 0.750 bits per heavy atom. The van der Waals surface area contributed by atoms with Crippen molar-refractivity contribution in [3.63, 3.8) is 0 Å². The molecule has 2 aromatic carbocycles. The summed E-state index contributed by atoms with van der Waals surface area (Å²) in [6.45, 7) is 6.00. The highest BCUT2D eigenvalue weighted by Gasteiger charge is 1.77. The number of halogens is 2. The van der Waals surface area contributed by atoms with Gasteiger partial charge in [-0.05, 0) is 24.3 Å². The molecule has 0 radical (unpaired) electrons. The molecule has 0 spiro atoms. The molecule has 2 aromatic rings. The van der Waals surface area contributed by atoms with E-state index >= 15 is 0 Å². The van der Waals surface area contributed by atoms with Crippen LogP contribution in [0.5, 0.6) is 0 Å². The van der Waals surface area contributed by atoms with Crippen LogP contribution in [-0.2, 0) is 0 Å². The van der Waals surface area contributed by atoms with E-state index in [2.05, 4.69) is 29.1 Å². The third kappa shape index (κ3) is 7.94. The van der Waals surface area contributed by atoms with Gasteiger partial charge >= 0.3 is 0 Å². The van der Waals surface area contributed by atoms with Gasteiger partial charge in [-0.15, -0.1) is 13.2 Å². The summed E-state index contributed by atoms with van der Waals surface area (Å²) in [6, 6.07) is 17.9. The first kappa shape index (κ1) is 14.6. The van der Waals surface area contributed by atoms with Gasteiger partial charge < -0.3 is 0 Å². The summed E-state index contributed by atoms with van der Waals surface area (Å²) >= 11 is 3.31. The third-order valence-corrected chi connectivity index (χ3v) is 1.99. The lowest BCUT2D eigenvalue weighted by molar-refractivity contribution is 0.628. The summed E-state index contributed by atoms with van der Waals surface area (Å²) < 4.78 is 13.0. The second-order valence-electron chi connectivity index (χ2n) is 2.59. The Labute approximate surface area is 105 Å². The maximum Gasteiger partial charge on any atom is 0.123 e. The van der Waals surface area contributed by atoms with Crippen LogP contribution in [0.15, 0.2) is 78.3 Å². The van der Waals surface area contributed by atoms with Crippen molar-refractivity contribution >= 4 is 15.9 Å². The van der Waals surface area contributed by atoms with E-state index in [4.69, 9.17) is 0 Å². The van der Waals surface area contributed by atoms with Crippen LogP contribution in [0.2, 0.25) is 0 Å². The van der Waals surface area contributed by atoms with Gasteiger partial charge in [-0.3, -0.25) is 0 Å². The number of rotatable bonds is 0. The van der Waals surface area contributed by atoms with Crippen LogP contribution in [0.4, 0.5) is 4.39 Å². The van der Waals surface area contributed by atoms with E-state index in [-0.39, 0.29) is 5.82 Å². The van der Waals surface area contributed by atoms with Crippen molar-refractivity contribution < 1.29 is 4.39 Å². The molecule has 0 heterocycles. The molecule has 2 heteroatoms. The molecule has 16 heavy (non-hydrogen) atoms. The highest BCUT2D eigenvalue weighted by atomic mass is 79.9. The van der Waals surface area contributed by atoms with E-state index in [0.29, 0.717) is 0 Å². The minimum absolute atomic E-state index is 0.178. The maximum atomic E-state index is 11.9. The summed E-state index contributed by atoms with van der Waals surface area (Å²) in [5.74, 6) is -0.178. The standard InChI is InChI=1S/C6H5Br.C6H5F.C2H4/c2*7-6-4-2-1-3-5-6;1-2/h2*1-5H;1-2H2. The molecule has 0 atom stereocenters. The summed E-state index contributed by atoms with van der Waals surface area (Å²) in [7, 11) is 0. The zero-order valence-corrected chi connectivity index (χ0v) is 10.5. The first-order valence-corrected chi connectivity index (χ1v) is 5.49. The van der Waals surface area contributed by atoms with E-state index in [1.165, 1.54) is 12.1 Å². The van der Waals surface area contributed by atoms with E-state index in [1.54, 1.807) is 18.2 Å². The smallest absolute Gasteiger partial charge is 0.123 e. The van der Waals surface area contributed by atoms with Gasteiger partial charge in [-0.1, -0.05) is 52.3 Å². The Morgan fingerprint density at radius 3 is 1.31 bits per heavy atom. The Morgan fingerprint density at radius 2 is 1.12 bits per heavy atom. The molecule has 0 bridgehead atoms. The van der Waals surface area contributed by atoms with E-state index in [1.807, 2.05) is 30.3 Å². The first-order valence-electron chi connectivity index (χ1n) is 4.70. The summed E-state index contributed by atoms with van der Waals surface area (Å²) in [5, 5.41) is 0. The molecule has 0 aliphatic heterocycles. The second kappa shape index (κ2) is 10.1. The first-order chi connectivity index (χ1) is 7.79. The van der Waals surface area contributed by atoms with Crippen molar-refractivity contribution in [1.29, 1.82) is 0 Å². The van der Waals surface area contributed by atoms with Gasteiger partial charge in [0, 0.05) is 4.47 Å². The van der Waals surface area contributed by atoms with Gasteiger partial charge in [0.1, 0.15) is 5.82 Å². The lowest BCUT2D eigenvalue weighted by atomic mass is 10.4. The van der Waals surface area contributed by atoms with E-state index in [0.717, 1.165) is 4.47 Å². The van der Waals surface area contributed by atoms with Crippen LogP contribution in [-0.4, -0.2) is 0 Å². The summed E-state index contributed by atoms with van der Waals surface area (Å²) in [6.07, 6.45) is 0. The van der Waals surface area contributed by atoms with Gasteiger partial charge in [-0.2, -0.15) is 0 Å². The van der Waals surface area contributed by atoms with Crippen LogP contribution in [0.3, 0.4) is 0 Å². The fraction of sp³-hybridized carbons (Fsp3) is 0. The van der Waals surface area contributed by atoms with E-state index in [9.17, 15) is 4.39 Å². The van der Waals surface area contributed by atoms with Crippen LogP contribution in [0, 0.1) is 5.82 Å². The van der Waals surface area contributed by atoms with Gasteiger partial charge in [0.25, 0.3) is 0 Å². The van der Waals surface area contributed by atoms with Crippen LogP contribution in [0.25, 0.3) is 0 Å². The lowest BCUT2D eigenvalue weighted by Gasteiger charge is -1.80. The van der Waals surface area contributed by atoms with Crippen molar-refractivity contribution in [1.82, 2.24) is 0 Å². The predicted molar refractivity (Wildman–Crippen MR) is 71.8 cm³/mol. The molecule has 0 nitrogen and oxygen atoms in total. The van der Waals surface area contributed by atoms with Gasteiger partial charge in [0.2, 0.25) is 0 Å². The number of hydrogen-bond acceptors (Lipinski definition) is 0. The Kier molecular flexibility index (Phi) is 9.23. The Bertz CT molecular complexity index is 322. The average Bonchev–Trinajstić information content (AvgIpc) is 2.34. The monoisotopic (exact) mass is 280 g/mol. The zero-order chi connectivity index (χ0) is 12.2. The Hall–Kier alpha value is -1.41. The van der Waals surface area contributed by atoms with Crippen molar-refractivity contribution in [3.8, 4) is 0 Å². The molecule has 0 saturated carbocycles. The summed E-state index contributed by atoms with van der Waals surface area (Å²) in [4.78, 5) is 0. The van der Waals surface area contributed by atoms with Gasteiger partial charge in [0.15, 0.2) is 0 Å². The molecule has 0 aliphatic rings. The molecule has 0 saturated heterocycles. The largest absolute Gasteiger partial charge is 0.207 e. The van der Waals surface area contributed by atoms with Crippen molar-refractivity contribution in [2.45, 2.75) is 0 Å². The predicted octanol–water partition coefficient (Wildman–Crippen LogP) is 5.08. The second-order valence-corrected chi connectivity index (χ2v) is 3.51. The highest BCUT2D eigenvalue weighted by Crippen LogP contribution is 2.05. The molecule has 0 aliphatic carbocycles. The zero-order valence-electron chi connectivity index (χ0n) is 8.94. The molecule has 0 fully saturated rings. The van der Waals surface area contributed by atoms with Crippen molar-refractivity contribution in [2.24, 2.45) is 0 Å². The third-order valence-electron chi connectivity index (χ3n) is 1.47. The van der Waals surface area contributed by atoms with Crippen molar-refractivity contribution in [3.05, 3.63) is 84.1 Å². The molecule has 84 valence electrons. The molecule has 0 amide bonds. The number of benzene rings is 2. The average molecular weight is 281 g/mol. The molecule has 2 rings (SSSR count). The molecule has 0 N–H and O–H groups in total. The fourth-order valence-corrected chi connectivity index (χ4v) is 1.13. The lowest BCUT2D eigenvalue weighted by Crippen LogP contribution is -1.63. The molecular formula is C14H14BrF. The maximum absolute atomic E-state index is 11.9. The minimum atomic E-state index is -0.178. The van der Waals surface area contributed by atoms with Crippen LogP contribution < -0.4 is 0 Å². The quantitative estimate of drug-likeness (QED) is 0.591. The number of hydrogen-bond donors (Lipinski definition) is 0. The van der Waals surface area contributed by atoms with Crippen LogP contribution >= 0.6 is 15.9 Å². The van der Waals surface area contributed by atoms with Gasteiger partial charge in [-0.25, -0.2) is 4.39 Å². The molecule has 0 aromatic heterocycles. The normalized spacial score (nSPS) is 7.88. The summed E-state index contributed by atoms with van der Waals surface area (Å²) in [5.41, 5.74) is 0. The SMILES string of the molecule is Brc1ccccc1.C=C.Fc1ccccc1.